The second-order valence-electron chi connectivity index (χ2n) is 5.62. The van der Waals surface area contributed by atoms with Crippen LogP contribution in [0.5, 0.6) is 0 Å². The van der Waals surface area contributed by atoms with Gasteiger partial charge in [-0.2, -0.15) is 5.10 Å². The smallest absolute Gasteiger partial charge is 0.233 e. The van der Waals surface area contributed by atoms with E-state index in [0.717, 1.165) is 41.2 Å². The Kier molecular flexibility index (Phi) is 2.89. The molecule has 0 aliphatic carbocycles. The Balaban J connectivity index is 1.56. The fourth-order valence-corrected chi connectivity index (χ4v) is 2.59. The van der Waals surface area contributed by atoms with Crippen LogP contribution in [0.1, 0.15) is 22.5 Å². The maximum Gasteiger partial charge on any atom is 0.233 e. The van der Waals surface area contributed by atoms with Gasteiger partial charge in [-0.15, -0.1) is 0 Å². The monoisotopic (exact) mass is 292 g/mol. The van der Waals surface area contributed by atoms with Crippen molar-refractivity contribution in [3.8, 4) is 0 Å². The first-order valence-electron chi connectivity index (χ1n) is 7.28. The first-order chi connectivity index (χ1) is 10.7. The van der Waals surface area contributed by atoms with Crippen LogP contribution in [0.3, 0.4) is 0 Å². The average molecular weight is 292 g/mol. The van der Waals surface area contributed by atoms with E-state index in [0.29, 0.717) is 0 Å². The van der Waals surface area contributed by atoms with Gasteiger partial charge >= 0.3 is 0 Å². The van der Waals surface area contributed by atoms with Crippen molar-refractivity contribution in [3.63, 3.8) is 0 Å². The number of rotatable bonds is 3. The summed E-state index contributed by atoms with van der Waals surface area (Å²) in [5.41, 5.74) is 5.21. The van der Waals surface area contributed by atoms with Gasteiger partial charge in [0.15, 0.2) is 5.65 Å². The summed E-state index contributed by atoms with van der Waals surface area (Å²) in [5.74, 6) is 0.744. The van der Waals surface area contributed by atoms with E-state index >= 15 is 0 Å². The highest BCUT2D eigenvalue weighted by molar-refractivity contribution is 5.40. The molecule has 0 spiro atoms. The minimum absolute atomic E-state index is 0.744. The number of imidazole rings is 2. The molecule has 4 aromatic rings. The van der Waals surface area contributed by atoms with Crippen molar-refractivity contribution >= 4 is 11.4 Å². The third kappa shape index (κ3) is 2.32. The molecule has 0 radical (unpaired) electrons. The van der Waals surface area contributed by atoms with E-state index in [1.807, 2.05) is 53.6 Å². The minimum Gasteiger partial charge on any atom is -0.291 e. The SMILES string of the molecule is Cc1cnn2cc(CCc3cnc4nc(C)cn4c3)nc2c1. The molecule has 4 rings (SSSR count). The van der Waals surface area contributed by atoms with Gasteiger partial charge in [-0.25, -0.2) is 19.5 Å². The Labute approximate surface area is 127 Å². The van der Waals surface area contributed by atoms with Gasteiger partial charge < -0.3 is 0 Å². The van der Waals surface area contributed by atoms with Gasteiger partial charge in [-0.05, 0) is 43.9 Å². The third-order valence-corrected chi connectivity index (χ3v) is 3.66. The van der Waals surface area contributed by atoms with Crippen molar-refractivity contribution in [1.82, 2.24) is 29.0 Å². The van der Waals surface area contributed by atoms with Crippen LogP contribution >= 0.6 is 0 Å². The van der Waals surface area contributed by atoms with Crippen LogP contribution in [0.15, 0.2) is 37.1 Å². The van der Waals surface area contributed by atoms with Gasteiger partial charge in [0, 0.05) is 18.6 Å². The molecule has 0 atom stereocenters. The molecule has 4 heterocycles. The Morgan fingerprint density at radius 1 is 1.00 bits per heavy atom. The normalized spacial score (nSPS) is 11.5. The lowest BCUT2D eigenvalue weighted by molar-refractivity contribution is 0.891. The maximum atomic E-state index is 4.62. The molecule has 6 nitrogen and oxygen atoms in total. The summed E-state index contributed by atoms with van der Waals surface area (Å²) in [6.07, 6.45) is 11.6. The maximum absolute atomic E-state index is 4.62. The zero-order chi connectivity index (χ0) is 15.1. The Bertz CT molecular complexity index is 963. The number of fused-ring (bicyclic) bond motifs is 2. The van der Waals surface area contributed by atoms with Crippen molar-refractivity contribution in [3.05, 3.63) is 59.6 Å². The molecule has 0 aliphatic heterocycles. The topological polar surface area (TPSA) is 60.4 Å². The molecule has 0 unspecified atom stereocenters. The number of aryl methyl sites for hydroxylation is 4. The zero-order valence-electron chi connectivity index (χ0n) is 12.6. The number of hydrogen-bond acceptors (Lipinski definition) is 4. The average Bonchev–Trinajstić information content (AvgIpc) is 3.05. The van der Waals surface area contributed by atoms with E-state index in [4.69, 9.17) is 0 Å². The van der Waals surface area contributed by atoms with Crippen molar-refractivity contribution in [2.24, 2.45) is 0 Å². The van der Waals surface area contributed by atoms with Crippen molar-refractivity contribution in [2.45, 2.75) is 26.7 Å². The first-order valence-corrected chi connectivity index (χ1v) is 7.28. The van der Waals surface area contributed by atoms with Crippen LogP contribution in [-0.2, 0) is 12.8 Å². The zero-order valence-corrected chi connectivity index (χ0v) is 12.6. The highest BCUT2D eigenvalue weighted by atomic mass is 15.2. The van der Waals surface area contributed by atoms with Gasteiger partial charge in [-0.3, -0.25) is 4.40 Å². The summed E-state index contributed by atoms with van der Waals surface area (Å²) in [4.78, 5) is 13.3. The van der Waals surface area contributed by atoms with Gasteiger partial charge in [0.2, 0.25) is 5.78 Å². The summed E-state index contributed by atoms with van der Waals surface area (Å²) in [6, 6.07) is 2.04. The molecule has 0 saturated carbocycles. The highest BCUT2D eigenvalue weighted by Gasteiger charge is 2.05. The lowest BCUT2D eigenvalue weighted by Gasteiger charge is -2.00. The van der Waals surface area contributed by atoms with Crippen molar-refractivity contribution in [1.29, 1.82) is 0 Å². The number of hydrogen-bond donors (Lipinski definition) is 0. The molecule has 0 aromatic carbocycles. The van der Waals surface area contributed by atoms with Crippen molar-refractivity contribution in [2.75, 3.05) is 0 Å². The van der Waals surface area contributed by atoms with E-state index in [9.17, 15) is 0 Å². The molecule has 22 heavy (non-hydrogen) atoms. The van der Waals surface area contributed by atoms with Crippen LogP contribution < -0.4 is 0 Å². The predicted octanol–water partition coefficient (Wildman–Crippen LogP) is 2.17. The van der Waals surface area contributed by atoms with E-state index in [1.54, 1.807) is 0 Å². The van der Waals surface area contributed by atoms with Crippen LogP contribution in [0.4, 0.5) is 0 Å². The standard InChI is InChI=1S/C16H16N6/c1-11-5-15-20-14(10-22(15)18-6-11)4-3-13-7-17-16-19-12(2)8-21(16)9-13/h5-10H,3-4H2,1-2H3. The second kappa shape index (κ2) is 4.91. The summed E-state index contributed by atoms with van der Waals surface area (Å²) in [5, 5.41) is 4.33. The van der Waals surface area contributed by atoms with Gasteiger partial charge in [-0.1, -0.05) is 0 Å². The summed E-state index contributed by atoms with van der Waals surface area (Å²) in [7, 11) is 0. The summed E-state index contributed by atoms with van der Waals surface area (Å²) >= 11 is 0. The summed E-state index contributed by atoms with van der Waals surface area (Å²) in [6.45, 7) is 4.00. The molecule has 0 aliphatic rings. The lowest BCUT2D eigenvalue weighted by atomic mass is 10.1. The largest absolute Gasteiger partial charge is 0.291 e. The fraction of sp³-hybridized carbons (Fsp3) is 0.250. The number of aromatic nitrogens is 6. The summed E-state index contributed by atoms with van der Waals surface area (Å²) < 4.78 is 3.79. The van der Waals surface area contributed by atoms with Gasteiger partial charge in [0.05, 0.1) is 23.8 Å². The second-order valence-corrected chi connectivity index (χ2v) is 5.62. The molecule has 0 fully saturated rings. The molecular formula is C16H16N6. The van der Waals surface area contributed by atoms with Crippen LogP contribution in [0.2, 0.25) is 0 Å². The molecule has 4 aromatic heterocycles. The van der Waals surface area contributed by atoms with Gasteiger partial charge in [0.25, 0.3) is 0 Å². The number of nitrogens with zero attached hydrogens (tertiary/aromatic N) is 6. The first kappa shape index (κ1) is 12.9. The lowest BCUT2D eigenvalue weighted by Crippen LogP contribution is -1.96. The Morgan fingerprint density at radius 3 is 2.82 bits per heavy atom. The van der Waals surface area contributed by atoms with E-state index < -0.39 is 0 Å². The molecule has 0 N–H and O–H groups in total. The minimum atomic E-state index is 0.744. The van der Waals surface area contributed by atoms with E-state index in [-0.39, 0.29) is 0 Å². The fourth-order valence-electron chi connectivity index (χ4n) is 2.59. The Hall–Kier alpha value is -2.76. The molecular weight excluding hydrogens is 276 g/mol. The van der Waals surface area contributed by atoms with Gasteiger partial charge in [0.1, 0.15) is 0 Å². The Morgan fingerprint density at radius 2 is 1.91 bits per heavy atom. The third-order valence-electron chi connectivity index (χ3n) is 3.66. The van der Waals surface area contributed by atoms with Crippen LogP contribution in [0.25, 0.3) is 11.4 Å². The van der Waals surface area contributed by atoms with Crippen molar-refractivity contribution < 1.29 is 0 Å². The predicted molar refractivity (Wildman–Crippen MR) is 82.9 cm³/mol. The van der Waals surface area contributed by atoms with E-state index in [2.05, 4.69) is 26.2 Å². The quantitative estimate of drug-likeness (QED) is 0.580. The van der Waals surface area contributed by atoms with Crippen LogP contribution in [-0.4, -0.2) is 29.0 Å². The highest BCUT2D eigenvalue weighted by Crippen LogP contribution is 2.10. The molecule has 0 saturated heterocycles. The van der Waals surface area contributed by atoms with E-state index in [1.165, 1.54) is 5.56 Å². The molecule has 0 amide bonds. The molecule has 0 bridgehead atoms. The molecule has 110 valence electrons. The van der Waals surface area contributed by atoms with Crippen LogP contribution in [0, 0.1) is 13.8 Å². The molecule has 6 heteroatoms.